The molecule has 0 aliphatic rings. The lowest BCUT2D eigenvalue weighted by Crippen LogP contribution is -2.01. The van der Waals surface area contributed by atoms with Gasteiger partial charge in [0, 0.05) is 12.5 Å². The van der Waals surface area contributed by atoms with Gasteiger partial charge in [0.15, 0.2) is 0 Å². The molecule has 0 radical (unpaired) electrons. The molecule has 0 amide bonds. The third-order valence-electron chi connectivity index (χ3n) is 1.39. The van der Waals surface area contributed by atoms with Gasteiger partial charge in [-0.3, -0.25) is 4.79 Å². The van der Waals surface area contributed by atoms with Crippen molar-refractivity contribution in [2.75, 3.05) is 12.8 Å². The van der Waals surface area contributed by atoms with Crippen LogP contribution in [0.5, 0.6) is 0 Å². The number of carbonyl (C=O) groups is 1. The molecule has 5 nitrogen and oxygen atoms in total. The zero-order valence-corrected chi connectivity index (χ0v) is 6.74. The van der Waals surface area contributed by atoms with Crippen molar-refractivity contribution in [3.63, 3.8) is 0 Å². The van der Waals surface area contributed by atoms with Gasteiger partial charge in [-0.2, -0.15) is 0 Å². The predicted octanol–water partition coefficient (Wildman–Crippen LogP) is 0.362. The molecule has 1 aromatic rings. The third-order valence-corrected chi connectivity index (χ3v) is 1.39. The van der Waals surface area contributed by atoms with Gasteiger partial charge in [-0.1, -0.05) is 5.16 Å². The molecule has 0 saturated heterocycles. The van der Waals surface area contributed by atoms with E-state index in [-0.39, 0.29) is 11.9 Å². The van der Waals surface area contributed by atoms with Crippen molar-refractivity contribution in [3.8, 4) is 0 Å². The Hall–Kier alpha value is -1.52. The number of nitrogens with zero attached hydrogens (tertiary/aromatic N) is 1. The summed E-state index contributed by atoms with van der Waals surface area (Å²) in [6, 6.07) is 1.59. The van der Waals surface area contributed by atoms with Gasteiger partial charge in [0.1, 0.15) is 0 Å². The number of methoxy groups -OCH3 is 1. The number of hydrogen-bond donors (Lipinski definition) is 1. The molecule has 0 bridgehead atoms. The Morgan fingerprint density at radius 2 is 2.58 bits per heavy atom. The lowest BCUT2D eigenvalue weighted by atomic mass is 10.2. The summed E-state index contributed by atoms with van der Waals surface area (Å²) in [5.74, 6) is -0.00793. The summed E-state index contributed by atoms with van der Waals surface area (Å²) in [4.78, 5) is 10.7. The molecule has 0 fully saturated rings. The number of ether oxygens (including phenoxy) is 1. The maximum Gasteiger partial charge on any atom is 0.305 e. The van der Waals surface area contributed by atoms with Crippen LogP contribution < -0.4 is 5.73 Å². The van der Waals surface area contributed by atoms with Crippen LogP contribution in [0, 0.1) is 0 Å². The van der Waals surface area contributed by atoms with Gasteiger partial charge in [-0.15, -0.1) is 0 Å². The zero-order chi connectivity index (χ0) is 8.97. The van der Waals surface area contributed by atoms with Crippen molar-refractivity contribution in [2.45, 2.75) is 12.8 Å². The van der Waals surface area contributed by atoms with E-state index in [0.29, 0.717) is 18.5 Å². The van der Waals surface area contributed by atoms with Crippen LogP contribution in [0.3, 0.4) is 0 Å². The minimum atomic E-state index is -0.267. The molecule has 0 unspecified atom stereocenters. The quantitative estimate of drug-likeness (QED) is 0.662. The van der Waals surface area contributed by atoms with E-state index in [9.17, 15) is 4.79 Å². The van der Waals surface area contributed by atoms with Crippen molar-refractivity contribution in [3.05, 3.63) is 11.8 Å². The summed E-state index contributed by atoms with van der Waals surface area (Å²) in [6.45, 7) is 0. The van der Waals surface area contributed by atoms with E-state index in [0.717, 1.165) is 0 Å². The summed E-state index contributed by atoms with van der Waals surface area (Å²) in [7, 11) is 1.35. The third kappa shape index (κ3) is 2.26. The Bertz CT molecular complexity index is 269. The Labute approximate surface area is 69.5 Å². The van der Waals surface area contributed by atoms with Crippen molar-refractivity contribution < 1.29 is 14.1 Å². The van der Waals surface area contributed by atoms with Gasteiger partial charge in [0.2, 0.25) is 5.88 Å². The van der Waals surface area contributed by atoms with E-state index in [2.05, 4.69) is 14.4 Å². The van der Waals surface area contributed by atoms with Crippen LogP contribution in [0.2, 0.25) is 0 Å². The summed E-state index contributed by atoms with van der Waals surface area (Å²) in [5.41, 5.74) is 5.94. The average Bonchev–Trinajstić information content (AvgIpc) is 2.47. The van der Waals surface area contributed by atoms with Crippen molar-refractivity contribution >= 4 is 11.9 Å². The summed E-state index contributed by atoms with van der Waals surface area (Å²) in [6.07, 6.45) is 0.788. The van der Waals surface area contributed by atoms with Crippen molar-refractivity contribution in [2.24, 2.45) is 0 Å². The second-order valence-electron chi connectivity index (χ2n) is 2.30. The van der Waals surface area contributed by atoms with E-state index in [1.807, 2.05) is 0 Å². The first kappa shape index (κ1) is 8.58. The number of aryl methyl sites for hydroxylation is 1. The molecule has 0 saturated carbocycles. The summed E-state index contributed by atoms with van der Waals surface area (Å²) >= 11 is 0. The lowest BCUT2D eigenvalue weighted by Gasteiger charge is -1.94. The van der Waals surface area contributed by atoms with Gasteiger partial charge in [0.25, 0.3) is 0 Å². The number of nitrogen functional groups attached to an aromatic ring is 1. The number of esters is 1. The summed E-state index contributed by atoms with van der Waals surface area (Å²) in [5, 5.41) is 3.61. The number of hydrogen-bond acceptors (Lipinski definition) is 5. The molecule has 0 atom stereocenters. The van der Waals surface area contributed by atoms with Crippen LogP contribution in [0.4, 0.5) is 5.88 Å². The van der Waals surface area contributed by atoms with Crippen LogP contribution >= 0.6 is 0 Å². The van der Waals surface area contributed by atoms with Crippen molar-refractivity contribution in [1.29, 1.82) is 0 Å². The molecule has 1 aromatic heterocycles. The topological polar surface area (TPSA) is 78.4 Å². The maximum atomic E-state index is 10.7. The minimum Gasteiger partial charge on any atom is -0.469 e. The van der Waals surface area contributed by atoms with Crippen LogP contribution in [0.15, 0.2) is 10.6 Å². The van der Waals surface area contributed by atoms with E-state index < -0.39 is 0 Å². The second-order valence-corrected chi connectivity index (χ2v) is 2.30. The molecular formula is C7H10N2O3. The Morgan fingerprint density at radius 3 is 3.08 bits per heavy atom. The Morgan fingerprint density at radius 1 is 1.83 bits per heavy atom. The molecule has 0 aromatic carbocycles. The number of nitrogens with two attached hydrogens (primary N) is 1. The molecule has 1 heterocycles. The largest absolute Gasteiger partial charge is 0.469 e. The highest BCUT2D eigenvalue weighted by Gasteiger charge is 2.04. The fraction of sp³-hybridized carbons (Fsp3) is 0.429. The fourth-order valence-corrected chi connectivity index (χ4v) is 0.778. The minimum absolute atomic E-state index is 0.259. The number of anilines is 1. The van der Waals surface area contributed by atoms with Crippen LogP contribution in [-0.2, 0) is 16.0 Å². The molecule has 12 heavy (non-hydrogen) atoms. The number of aromatic nitrogens is 1. The van der Waals surface area contributed by atoms with Crippen LogP contribution in [0.1, 0.15) is 12.1 Å². The van der Waals surface area contributed by atoms with Crippen molar-refractivity contribution in [1.82, 2.24) is 5.16 Å². The average molecular weight is 170 g/mol. The lowest BCUT2D eigenvalue weighted by molar-refractivity contribution is -0.140. The maximum absolute atomic E-state index is 10.7. The predicted molar refractivity (Wildman–Crippen MR) is 41.3 cm³/mol. The standard InChI is InChI=1S/C7H10N2O3/c1-11-7(10)3-2-5-4-6(8)12-9-5/h4H,2-3,8H2,1H3. The number of rotatable bonds is 3. The monoisotopic (exact) mass is 170 g/mol. The van der Waals surface area contributed by atoms with Crippen LogP contribution in [0.25, 0.3) is 0 Å². The molecule has 0 aliphatic carbocycles. The zero-order valence-electron chi connectivity index (χ0n) is 6.74. The van der Waals surface area contributed by atoms with E-state index in [1.54, 1.807) is 6.07 Å². The van der Waals surface area contributed by atoms with Gasteiger partial charge in [-0.25, -0.2) is 0 Å². The molecule has 2 N–H and O–H groups in total. The number of carbonyl (C=O) groups excluding carboxylic acids is 1. The molecule has 0 aliphatic heterocycles. The fourth-order valence-electron chi connectivity index (χ4n) is 0.778. The van der Waals surface area contributed by atoms with Crippen LogP contribution in [-0.4, -0.2) is 18.2 Å². The normalized spacial score (nSPS) is 9.75. The first-order valence-electron chi connectivity index (χ1n) is 3.50. The molecular weight excluding hydrogens is 160 g/mol. The molecule has 1 rings (SSSR count). The van der Waals surface area contributed by atoms with Gasteiger partial charge in [-0.05, 0) is 0 Å². The molecule has 5 heteroatoms. The van der Waals surface area contributed by atoms with Gasteiger partial charge < -0.3 is 15.0 Å². The Balaban J connectivity index is 2.38. The van der Waals surface area contributed by atoms with E-state index in [1.165, 1.54) is 7.11 Å². The SMILES string of the molecule is COC(=O)CCc1cc(N)on1. The smallest absolute Gasteiger partial charge is 0.305 e. The second kappa shape index (κ2) is 3.75. The highest BCUT2D eigenvalue weighted by atomic mass is 16.5. The Kier molecular flexibility index (Phi) is 2.68. The first-order chi connectivity index (χ1) is 5.72. The summed E-state index contributed by atoms with van der Waals surface area (Å²) < 4.78 is 9.06. The highest BCUT2D eigenvalue weighted by molar-refractivity contribution is 5.69. The van der Waals surface area contributed by atoms with Gasteiger partial charge >= 0.3 is 5.97 Å². The van der Waals surface area contributed by atoms with Gasteiger partial charge in [0.05, 0.1) is 19.2 Å². The molecule has 0 spiro atoms. The van der Waals surface area contributed by atoms with E-state index in [4.69, 9.17) is 5.73 Å². The molecule has 66 valence electrons. The highest BCUT2D eigenvalue weighted by Crippen LogP contribution is 2.06. The first-order valence-corrected chi connectivity index (χ1v) is 3.50. The van der Waals surface area contributed by atoms with E-state index >= 15 is 0 Å².